The first-order valence-corrected chi connectivity index (χ1v) is 9.80. The van der Waals surface area contributed by atoms with Gasteiger partial charge in [0, 0.05) is 22.0 Å². The van der Waals surface area contributed by atoms with Crippen LogP contribution >= 0.6 is 33.9 Å². The Morgan fingerprint density at radius 1 is 1.48 bits per heavy atom. The highest BCUT2D eigenvalue weighted by Crippen LogP contribution is 2.22. The molecule has 0 bridgehead atoms. The van der Waals surface area contributed by atoms with Crippen molar-refractivity contribution in [1.29, 1.82) is 0 Å². The van der Waals surface area contributed by atoms with Crippen molar-refractivity contribution in [2.24, 2.45) is 5.92 Å². The SMILES string of the molecule is CC1CCCN(Cc2csc(NC(=O)c3ccccc3I)n2)C1. The molecule has 1 N–H and O–H groups in total. The van der Waals surface area contributed by atoms with Crippen molar-refractivity contribution in [3.8, 4) is 0 Å². The zero-order valence-electron chi connectivity index (χ0n) is 13.1. The molecular formula is C17H20IN3OS. The van der Waals surface area contributed by atoms with E-state index in [2.05, 4.69) is 44.7 Å². The van der Waals surface area contributed by atoms with Gasteiger partial charge in [0.1, 0.15) is 0 Å². The van der Waals surface area contributed by atoms with E-state index in [0.29, 0.717) is 10.7 Å². The molecule has 2 heterocycles. The number of benzene rings is 1. The number of nitrogens with one attached hydrogen (secondary N) is 1. The summed E-state index contributed by atoms with van der Waals surface area (Å²) < 4.78 is 0.946. The largest absolute Gasteiger partial charge is 0.298 e. The molecule has 1 aromatic heterocycles. The fourth-order valence-corrected chi connectivity index (χ4v) is 4.24. The fraction of sp³-hybridized carbons (Fsp3) is 0.412. The van der Waals surface area contributed by atoms with E-state index in [0.717, 1.165) is 34.8 Å². The van der Waals surface area contributed by atoms with Crippen LogP contribution in [0, 0.1) is 9.49 Å². The molecule has 1 aliphatic rings. The van der Waals surface area contributed by atoms with Crippen molar-refractivity contribution in [3.05, 3.63) is 44.5 Å². The number of aromatic nitrogens is 1. The van der Waals surface area contributed by atoms with E-state index in [1.807, 2.05) is 29.6 Å². The lowest BCUT2D eigenvalue weighted by molar-refractivity contribution is 0.102. The Balaban J connectivity index is 1.61. The number of rotatable bonds is 4. The second kappa shape index (κ2) is 7.72. The maximum Gasteiger partial charge on any atom is 0.258 e. The van der Waals surface area contributed by atoms with Gasteiger partial charge >= 0.3 is 0 Å². The van der Waals surface area contributed by atoms with Gasteiger partial charge in [-0.1, -0.05) is 19.1 Å². The third-order valence-electron chi connectivity index (χ3n) is 4.02. The van der Waals surface area contributed by atoms with Gasteiger partial charge in [-0.25, -0.2) is 4.98 Å². The molecule has 6 heteroatoms. The van der Waals surface area contributed by atoms with Crippen LogP contribution in [0.25, 0.3) is 0 Å². The van der Waals surface area contributed by atoms with E-state index in [-0.39, 0.29) is 5.91 Å². The van der Waals surface area contributed by atoms with Crippen molar-refractivity contribution in [3.63, 3.8) is 0 Å². The number of nitrogens with zero attached hydrogens (tertiary/aromatic N) is 2. The van der Waals surface area contributed by atoms with Gasteiger partial charge in [-0.2, -0.15) is 0 Å². The molecule has 1 atom stereocenters. The van der Waals surface area contributed by atoms with Crippen LogP contribution < -0.4 is 5.32 Å². The number of hydrogen-bond acceptors (Lipinski definition) is 4. The summed E-state index contributed by atoms with van der Waals surface area (Å²) >= 11 is 3.67. The first-order chi connectivity index (χ1) is 11.1. The summed E-state index contributed by atoms with van der Waals surface area (Å²) in [6.45, 7) is 5.47. The van der Waals surface area contributed by atoms with Crippen molar-refractivity contribution in [2.75, 3.05) is 18.4 Å². The van der Waals surface area contributed by atoms with E-state index < -0.39 is 0 Å². The zero-order chi connectivity index (χ0) is 16.2. The number of carbonyl (C=O) groups is 1. The minimum atomic E-state index is -0.0949. The topological polar surface area (TPSA) is 45.2 Å². The molecule has 0 aliphatic carbocycles. The van der Waals surface area contributed by atoms with Gasteiger partial charge in [0.25, 0.3) is 5.91 Å². The number of thiazole rings is 1. The van der Waals surface area contributed by atoms with E-state index >= 15 is 0 Å². The average molecular weight is 441 g/mol. The van der Waals surface area contributed by atoms with Crippen molar-refractivity contribution >= 4 is 45.0 Å². The van der Waals surface area contributed by atoms with Crippen LogP contribution in [0.5, 0.6) is 0 Å². The maximum absolute atomic E-state index is 12.3. The molecule has 2 aromatic rings. The van der Waals surface area contributed by atoms with Crippen molar-refractivity contribution < 1.29 is 4.79 Å². The summed E-state index contributed by atoms with van der Waals surface area (Å²) in [7, 11) is 0. The molecule has 0 spiro atoms. The van der Waals surface area contributed by atoms with Crippen LogP contribution in [0.15, 0.2) is 29.6 Å². The first-order valence-electron chi connectivity index (χ1n) is 7.84. The minimum absolute atomic E-state index is 0.0949. The normalized spacial score (nSPS) is 18.8. The van der Waals surface area contributed by atoms with Gasteiger partial charge in [0.2, 0.25) is 0 Å². The maximum atomic E-state index is 12.3. The molecule has 1 fully saturated rings. The van der Waals surface area contributed by atoms with E-state index in [9.17, 15) is 4.79 Å². The van der Waals surface area contributed by atoms with Gasteiger partial charge in [-0.05, 0) is 60.0 Å². The average Bonchev–Trinajstić information content (AvgIpc) is 2.94. The van der Waals surface area contributed by atoms with E-state index in [4.69, 9.17) is 0 Å². The Morgan fingerprint density at radius 3 is 3.09 bits per heavy atom. The highest BCUT2D eigenvalue weighted by atomic mass is 127. The Bertz CT molecular complexity index is 688. The predicted molar refractivity (Wildman–Crippen MR) is 103 cm³/mol. The standard InChI is InChI=1S/C17H20IN3OS/c1-12-5-4-8-21(9-12)10-13-11-23-17(19-13)20-16(22)14-6-2-3-7-15(14)18/h2-3,6-7,11-12H,4-5,8-10H2,1H3,(H,19,20,22). The predicted octanol–water partition coefficient (Wildman–Crippen LogP) is 4.23. The highest BCUT2D eigenvalue weighted by molar-refractivity contribution is 14.1. The number of hydrogen-bond donors (Lipinski definition) is 1. The smallest absolute Gasteiger partial charge is 0.258 e. The minimum Gasteiger partial charge on any atom is -0.298 e. The molecule has 3 rings (SSSR count). The summed E-state index contributed by atoms with van der Waals surface area (Å²) in [5.74, 6) is 0.671. The number of likely N-dealkylation sites (tertiary alicyclic amines) is 1. The Kier molecular flexibility index (Phi) is 5.66. The Labute approximate surface area is 154 Å². The third kappa shape index (κ3) is 4.51. The van der Waals surface area contributed by atoms with Crippen LogP contribution in [0.4, 0.5) is 5.13 Å². The molecule has 0 saturated carbocycles. The van der Waals surface area contributed by atoms with Crippen LogP contribution in [0.2, 0.25) is 0 Å². The highest BCUT2D eigenvalue weighted by Gasteiger charge is 2.18. The second-order valence-corrected chi connectivity index (χ2v) is 8.08. The quantitative estimate of drug-likeness (QED) is 0.723. The van der Waals surface area contributed by atoms with Crippen molar-refractivity contribution in [1.82, 2.24) is 9.88 Å². The molecule has 1 saturated heterocycles. The van der Waals surface area contributed by atoms with Gasteiger partial charge in [0.15, 0.2) is 5.13 Å². The molecule has 23 heavy (non-hydrogen) atoms. The van der Waals surface area contributed by atoms with Crippen LogP contribution in [-0.4, -0.2) is 28.9 Å². The lowest BCUT2D eigenvalue weighted by Gasteiger charge is -2.30. The number of carbonyl (C=O) groups excluding carboxylic acids is 1. The summed E-state index contributed by atoms with van der Waals surface area (Å²) in [5, 5.41) is 5.63. The van der Waals surface area contributed by atoms with Gasteiger partial charge in [-0.15, -0.1) is 11.3 Å². The van der Waals surface area contributed by atoms with Gasteiger partial charge in [-0.3, -0.25) is 15.0 Å². The Hall–Kier alpha value is -0.990. The molecule has 1 unspecified atom stereocenters. The van der Waals surface area contributed by atoms with Gasteiger partial charge in [0.05, 0.1) is 11.3 Å². The lowest BCUT2D eigenvalue weighted by Crippen LogP contribution is -2.33. The molecule has 1 aliphatic heterocycles. The molecular weight excluding hydrogens is 421 g/mol. The molecule has 0 radical (unpaired) electrons. The molecule has 1 aromatic carbocycles. The summed E-state index contributed by atoms with van der Waals surface area (Å²) in [4.78, 5) is 19.3. The number of halogens is 1. The summed E-state index contributed by atoms with van der Waals surface area (Å²) in [6.07, 6.45) is 2.59. The zero-order valence-corrected chi connectivity index (χ0v) is 16.1. The summed E-state index contributed by atoms with van der Waals surface area (Å²) in [6, 6.07) is 7.57. The second-order valence-electron chi connectivity index (χ2n) is 6.06. The number of amides is 1. The third-order valence-corrected chi connectivity index (χ3v) is 5.76. The van der Waals surface area contributed by atoms with E-state index in [1.54, 1.807) is 0 Å². The van der Waals surface area contributed by atoms with Gasteiger partial charge < -0.3 is 0 Å². The Morgan fingerprint density at radius 2 is 2.30 bits per heavy atom. The van der Waals surface area contributed by atoms with Crippen LogP contribution in [0.3, 0.4) is 0 Å². The van der Waals surface area contributed by atoms with Crippen LogP contribution in [-0.2, 0) is 6.54 Å². The summed E-state index contributed by atoms with van der Waals surface area (Å²) in [5.41, 5.74) is 1.73. The lowest BCUT2D eigenvalue weighted by atomic mass is 10.0. The number of anilines is 1. The number of piperidine rings is 1. The molecule has 4 nitrogen and oxygen atoms in total. The van der Waals surface area contributed by atoms with Crippen LogP contribution in [0.1, 0.15) is 35.8 Å². The molecule has 122 valence electrons. The van der Waals surface area contributed by atoms with E-state index in [1.165, 1.54) is 24.2 Å². The first kappa shape index (κ1) is 16.9. The fourth-order valence-electron chi connectivity index (χ4n) is 2.91. The molecule has 1 amide bonds. The van der Waals surface area contributed by atoms with Crippen molar-refractivity contribution in [2.45, 2.75) is 26.3 Å². The monoisotopic (exact) mass is 441 g/mol.